The number of nitrogens with one attached hydrogen (secondary N) is 1. The van der Waals surface area contributed by atoms with E-state index in [1.54, 1.807) is 30.3 Å². The first-order valence-corrected chi connectivity index (χ1v) is 6.59. The van der Waals surface area contributed by atoms with Crippen LogP contribution in [-0.4, -0.2) is 48.1 Å². The van der Waals surface area contributed by atoms with Crippen LogP contribution in [0.15, 0.2) is 35.3 Å². The molecular formula is C14H19N3O2. The van der Waals surface area contributed by atoms with Crippen LogP contribution in [0.1, 0.15) is 23.2 Å². The van der Waals surface area contributed by atoms with Crippen molar-refractivity contribution in [1.82, 2.24) is 10.2 Å². The zero-order valence-corrected chi connectivity index (χ0v) is 10.9. The molecule has 0 aliphatic carbocycles. The van der Waals surface area contributed by atoms with Crippen molar-refractivity contribution in [2.75, 3.05) is 26.2 Å². The first-order valence-electron chi connectivity index (χ1n) is 6.59. The van der Waals surface area contributed by atoms with Gasteiger partial charge in [-0.2, -0.15) is 0 Å². The zero-order chi connectivity index (χ0) is 13.5. The van der Waals surface area contributed by atoms with Gasteiger partial charge in [0.2, 0.25) is 0 Å². The van der Waals surface area contributed by atoms with Crippen LogP contribution in [0.3, 0.4) is 0 Å². The van der Waals surface area contributed by atoms with E-state index < -0.39 is 5.97 Å². The number of aliphatic imine (C=N–C) groups is 1. The molecule has 19 heavy (non-hydrogen) atoms. The van der Waals surface area contributed by atoms with Crippen LogP contribution in [0.5, 0.6) is 0 Å². The van der Waals surface area contributed by atoms with Crippen LogP contribution in [0.25, 0.3) is 0 Å². The van der Waals surface area contributed by atoms with Crippen molar-refractivity contribution in [1.29, 1.82) is 0 Å². The van der Waals surface area contributed by atoms with Crippen LogP contribution < -0.4 is 5.32 Å². The number of rotatable bonds is 1. The molecule has 1 aromatic carbocycles. The number of benzene rings is 1. The van der Waals surface area contributed by atoms with Crippen molar-refractivity contribution in [3.63, 3.8) is 0 Å². The van der Waals surface area contributed by atoms with Gasteiger partial charge in [-0.05, 0) is 25.0 Å². The summed E-state index contributed by atoms with van der Waals surface area (Å²) in [6.45, 7) is 4.52. The maximum atomic E-state index is 10.2. The van der Waals surface area contributed by atoms with E-state index in [4.69, 9.17) is 5.11 Å². The second-order valence-electron chi connectivity index (χ2n) is 4.50. The van der Waals surface area contributed by atoms with Gasteiger partial charge in [0.1, 0.15) is 0 Å². The SMILES string of the molecule is C1CN=C2NCCCN2C1.O=C(O)c1ccccc1. The maximum Gasteiger partial charge on any atom is 0.335 e. The lowest BCUT2D eigenvalue weighted by atomic mass is 10.2. The summed E-state index contributed by atoms with van der Waals surface area (Å²) in [6, 6.07) is 8.30. The van der Waals surface area contributed by atoms with Crippen LogP contribution in [-0.2, 0) is 0 Å². The summed E-state index contributed by atoms with van der Waals surface area (Å²) < 4.78 is 0. The number of carbonyl (C=O) groups is 1. The van der Waals surface area contributed by atoms with Crippen LogP contribution in [0.4, 0.5) is 0 Å². The van der Waals surface area contributed by atoms with Gasteiger partial charge in [-0.1, -0.05) is 18.2 Å². The third-order valence-electron chi connectivity index (χ3n) is 3.06. The van der Waals surface area contributed by atoms with Gasteiger partial charge in [0.05, 0.1) is 5.56 Å². The quantitative estimate of drug-likeness (QED) is 0.802. The van der Waals surface area contributed by atoms with E-state index in [-0.39, 0.29) is 0 Å². The van der Waals surface area contributed by atoms with Gasteiger partial charge in [0.25, 0.3) is 0 Å². The fourth-order valence-electron chi connectivity index (χ4n) is 2.09. The van der Waals surface area contributed by atoms with Gasteiger partial charge in [-0.3, -0.25) is 4.99 Å². The number of carboxylic acids is 1. The number of hydrogen-bond acceptors (Lipinski definition) is 4. The third-order valence-corrected chi connectivity index (χ3v) is 3.06. The second-order valence-corrected chi connectivity index (χ2v) is 4.50. The molecule has 0 saturated carbocycles. The Morgan fingerprint density at radius 1 is 1.21 bits per heavy atom. The number of guanidine groups is 1. The summed E-state index contributed by atoms with van der Waals surface area (Å²) in [4.78, 5) is 16.9. The smallest absolute Gasteiger partial charge is 0.335 e. The van der Waals surface area contributed by atoms with E-state index in [1.807, 2.05) is 0 Å². The van der Waals surface area contributed by atoms with Crippen molar-refractivity contribution in [2.24, 2.45) is 4.99 Å². The van der Waals surface area contributed by atoms with Gasteiger partial charge in [-0.25, -0.2) is 4.79 Å². The molecule has 5 nitrogen and oxygen atoms in total. The minimum Gasteiger partial charge on any atom is -0.478 e. The number of nitrogens with zero attached hydrogens (tertiary/aromatic N) is 2. The molecule has 0 amide bonds. The highest BCUT2D eigenvalue weighted by Crippen LogP contribution is 2.05. The number of carboxylic acid groups (broad SMARTS) is 1. The molecule has 1 fully saturated rings. The summed E-state index contributed by atoms with van der Waals surface area (Å²) >= 11 is 0. The first-order chi connectivity index (χ1) is 9.27. The lowest BCUT2D eigenvalue weighted by Crippen LogP contribution is -2.49. The Bertz CT molecular complexity index is 445. The average Bonchev–Trinajstić information content (AvgIpc) is 2.49. The van der Waals surface area contributed by atoms with Crippen molar-refractivity contribution in [3.05, 3.63) is 35.9 Å². The Kier molecular flexibility index (Phi) is 4.78. The molecule has 2 aliphatic heterocycles. The van der Waals surface area contributed by atoms with E-state index in [9.17, 15) is 4.79 Å². The van der Waals surface area contributed by atoms with Gasteiger partial charge < -0.3 is 15.3 Å². The Morgan fingerprint density at radius 2 is 1.95 bits per heavy atom. The molecule has 2 N–H and O–H groups in total. The molecule has 3 rings (SSSR count). The average molecular weight is 261 g/mol. The number of hydrogen-bond donors (Lipinski definition) is 2. The molecular weight excluding hydrogens is 242 g/mol. The van der Waals surface area contributed by atoms with E-state index in [0.29, 0.717) is 5.56 Å². The highest BCUT2D eigenvalue weighted by Gasteiger charge is 2.17. The summed E-state index contributed by atoms with van der Waals surface area (Å²) in [5, 5.41) is 11.7. The lowest BCUT2D eigenvalue weighted by molar-refractivity contribution is 0.0697. The van der Waals surface area contributed by atoms with Crippen molar-refractivity contribution < 1.29 is 9.90 Å². The van der Waals surface area contributed by atoms with Crippen molar-refractivity contribution in [2.45, 2.75) is 12.8 Å². The van der Waals surface area contributed by atoms with Crippen molar-refractivity contribution >= 4 is 11.9 Å². The molecule has 0 spiro atoms. The predicted octanol–water partition coefficient (Wildman–Crippen LogP) is 1.43. The highest BCUT2D eigenvalue weighted by atomic mass is 16.4. The summed E-state index contributed by atoms with van der Waals surface area (Å²) in [5.41, 5.74) is 0.331. The molecule has 1 saturated heterocycles. The number of fused-ring (bicyclic) bond motifs is 1. The first kappa shape index (κ1) is 13.4. The van der Waals surface area contributed by atoms with E-state index in [1.165, 1.54) is 25.9 Å². The van der Waals surface area contributed by atoms with E-state index in [2.05, 4.69) is 15.2 Å². The topological polar surface area (TPSA) is 64.9 Å². The Balaban J connectivity index is 0.000000141. The molecule has 0 radical (unpaired) electrons. The second kappa shape index (κ2) is 6.78. The minimum atomic E-state index is -0.879. The molecule has 0 bridgehead atoms. The predicted molar refractivity (Wildman–Crippen MR) is 74.5 cm³/mol. The van der Waals surface area contributed by atoms with Gasteiger partial charge in [-0.15, -0.1) is 0 Å². The Hall–Kier alpha value is -2.04. The fraction of sp³-hybridized carbons (Fsp3) is 0.429. The summed E-state index contributed by atoms with van der Waals surface area (Å²) in [7, 11) is 0. The lowest BCUT2D eigenvalue weighted by Gasteiger charge is -2.33. The molecule has 0 aromatic heterocycles. The Labute approximate surface area is 113 Å². The molecule has 2 heterocycles. The maximum absolute atomic E-state index is 10.2. The van der Waals surface area contributed by atoms with Gasteiger partial charge >= 0.3 is 5.97 Å². The minimum absolute atomic E-state index is 0.331. The molecule has 5 heteroatoms. The summed E-state index contributed by atoms with van der Waals surface area (Å²) in [5.74, 6) is 0.258. The van der Waals surface area contributed by atoms with Crippen molar-refractivity contribution in [3.8, 4) is 0 Å². The highest BCUT2D eigenvalue weighted by molar-refractivity contribution is 5.87. The zero-order valence-electron chi connectivity index (χ0n) is 10.9. The molecule has 1 aromatic rings. The van der Waals surface area contributed by atoms with E-state index >= 15 is 0 Å². The third kappa shape index (κ3) is 3.98. The van der Waals surface area contributed by atoms with Crippen LogP contribution in [0, 0.1) is 0 Å². The van der Waals surface area contributed by atoms with Gasteiger partial charge in [0.15, 0.2) is 5.96 Å². The molecule has 0 atom stereocenters. The summed E-state index contributed by atoms with van der Waals surface area (Å²) in [6.07, 6.45) is 2.49. The Morgan fingerprint density at radius 3 is 2.58 bits per heavy atom. The molecule has 0 unspecified atom stereocenters. The van der Waals surface area contributed by atoms with Gasteiger partial charge in [0, 0.05) is 26.2 Å². The normalized spacial score (nSPS) is 17.3. The fourth-order valence-corrected chi connectivity index (χ4v) is 2.09. The van der Waals surface area contributed by atoms with E-state index in [0.717, 1.165) is 19.0 Å². The molecule has 2 aliphatic rings. The van der Waals surface area contributed by atoms with Crippen LogP contribution >= 0.6 is 0 Å². The largest absolute Gasteiger partial charge is 0.478 e. The van der Waals surface area contributed by atoms with Crippen LogP contribution in [0.2, 0.25) is 0 Å². The monoisotopic (exact) mass is 261 g/mol. The standard InChI is InChI=1S/C7H13N3.C7H6O2/c1-3-8-7-9-4-2-6-10(7)5-1;8-7(9)6-4-2-1-3-5-6/h1-6H2,(H,8,9);1-5H,(H,8,9). The number of aromatic carboxylic acids is 1. The molecule has 102 valence electrons.